The van der Waals surface area contributed by atoms with Gasteiger partial charge in [-0.05, 0) is 60.2 Å². The molecule has 152 valence electrons. The standard InChI is InChI=1S/C22H19BrClN5O/c1-29-20-9-3-14(21(30)26-16-6-4-15(23)5-7-16)11-19(20)28-22(29)27-18-10-13(12-25)2-8-17(18)24/h2-11H,12,25H2,1H3,(H,26,30)(H,27,28). The molecule has 3 aromatic carbocycles. The molecule has 0 saturated heterocycles. The third-order valence-electron chi connectivity index (χ3n) is 4.76. The number of fused-ring (bicyclic) bond motifs is 1. The van der Waals surface area contributed by atoms with Crippen LogP contribution in [0.3, 0.4) is 0 Å². The van der Waals surface area contributed by atoms with Gasteiger partial charge in [-0.2, -0.15) is 0 Å². The first-order chi connectivity index (χ1) is 14.4. The fourth-order valence-corrected chi connectivity index (χ4v) is 3.53. The molecule has 4 aromatic rings. The monoisotopic (exact) mass is 483 g/mol. The summed E-state index contributed by atoms with van der Waals surface area (Å²) in [6, 6.07) is 18.4. The number of hydrogen-bond acceptors (Lipinski definition) is 4. The van der Waals surface area contributed by atoms with Crippen LogP contribution in [0.5, 0.6) is 0 Å². The van der Waals surface area contributed by atoms with Gasteiger partial charge in [0.05, 0.1) is 21.7 Å². The van der Waals surface area contributed by atoms with Crippen LogP contribution in [0.1, 0.15) is 15.9 Å². The van der Waals surface area contributed by atoms with Gasteiger partial charge in [0, 0.05) is 29.3 Å². The Labute approximate surface area is 187 Å². The van der Waals surface area contributed by atoms with Crippen molar-refractivity contribution in [3.05, 3.63) is 81.3 Å². The number of carbonyl (C=O) groups excluding carboxylic acids is 1. The molecule has 0 fully saturated rings. The molecular formula is C22H19BrClN5O. The van der Waals surface area contributed by atoms with Gasteiger partial charge in [-0.3, -0.25) is 4.79 Å². The Bertz CT molecular complexity index is 1240. The zero-order valence-electron chi connectivity index (χ0n) is 16.1. The van der Waals surface area contributed by atoms with Crippen molar-refractivity contribution >= 4 is 61.8 Å². The van der Waals surface area contributed by atoms with Crippen LogP contribution in [0.4, 0.5) is 17.3 Å². The topological polar surface area (TPSA) is 85.0 Å². The van der Waals surface area contributed by atoms with E-state index in [2.05, 4.69) is 31.5 Å². The largest absolute Gasteiger partial charge is 0.326 e. The number of nitrogens with one attached hydrogen (secondary N) is 2. The number of hydrogen-bond donors (Lipinski definition) is 3. The van der Waals surface area contributed by atoms with E-state index in [4.69, 9.17) is 17.3 Å². The predicted molar refractivity (Wildman–Crippen MR) is 125 cm³/mol. The van der Waals surface area contributed by atoms with Crippen molar-refractivity contribution in [2.75, 3.05) is 10.6 Å². The highest BCUT2D eigenvalue weighted by molar-refractivity contribution is 9.10. The van der Waals surface area contributed by atoms with E-state index in [1.165, 1.54) is 0 Å². The Hall–Kier alpha value is -2.87. The van der Waals surface area contributed by atoms with Gasteiger partial charge in [0.25, 0.3) is 5.91 Å². The lowest BCUT2D eigenvalue weighted by atomic mass is 10.2. The average molecular weight is 485 g/mol. The molecule has 0 atom stereocenters. The van der Waals surface area contributed by atoms with E-state index in [-0.39, 0.29) is 5.91 Å². The highest BCUT2D eigenvalue weighted by Gasteiger charge is 2.13. The zero-order chi connectivity index (χ0) is 21.3. The Morgan fingerprint density at radius 1 is 1.13 bits per heavy atom. The van der Waals surface area contributed by atoms with Gasteiger partial charge in [-0.25, -0.2) is 4.98 Å². The third kappa shape index (κ3) is 4.18. The third-order valence-corrected chi connectivity index (χ3v) is 5.62. The smallest absolute Gasteiger partial charge is 0.255 e. The number of benzene rings is 3. The minimum Gasteiger partial charge on any atom is -0.326 e. The molecule has 4 N–H and O–H groups in total. The van der Waals surface area contributed by atoms with Gasteiger partial charge < -0.3 is 20.9 Å². The molecule has 0 aliphatic heterocycles. The normalized spacial score (nSPS) is 10.9. The average Bonchev–Trinajstić information content (AvgIpc) is 3.06. The summed E-state index contributed by atoms with van der Waals surface area (Å²) in [4.78, 5) is 17.3. The summed E-state index contributed by atoms with van der Waals surface area (Å²) in [6.07, 6.45) is 0. The van der Waals surface area contributed by atoms with Crippen LogP contribution in [0.15, 0.2) is 65.1 Å². The molecule has 4 rings (SSSR count). The van der Waals surface area contributed by atoms with Crippen LogP contribution < -0.4 is 16.4 Å². The Balaban J connectivity index is 1.61. The molecule has 0 bridgehead atoms. The van der Waals surface area contributed by atoms with Gasteiger partial charge in [-0.15, -0.1) is 0 Å². The lowest BCUT2D eigenvalue weighted by Crippen LogP contribution is -2.11. The Morgan fingerprint density at radius 2 is 1.90 bits per heavy atom. The van der Waals surface area contributed by atoms with E-state index in [0.29, 0.717) is 28.6 Å². The van der Waals surface area contributed by atoms with Crippen LogP contribution >= 0.6 is 27.5 Å². The van der Waals surface area contributed by atoms with Crippen molar-refractivity contribution in [2.24, 2.45) is 12.8 Å². The summed E-state index contributed by atoms with van der Waals surface area (Å²) in [6.45, 7) is 0.422. The number of carbonyl (C=O) groups is 1. The first kappa shape index (κ1) is 20.4. The van der Waals surface area contributed by atoms with Gasteiger partial charge in [-0.1, -0.05) is 33.6 Å². The first-order valence-electron chi connectivity index (χ1n) is 9.23. The van der Waals surface area contributed by atoms with Crippen LogP contribution in [0.25, 0.3) is 11.0 Å². The molecule has 8 heteroatoms. The van der Waals surface area contributed by atoms with Gasteiger partial charge in [0.15, 0.2) is 0 Å². The van der Waals surface area contributed by atoms with E-state index in [1.807, 2.05) is 54.1 Å². The van der Waals surface area contributed by atoms with E-state index in [9.17, 15) is 4.79 Å². The van der Waals surface area contributed by atoms with Crippen LogP contribution in [-0.4, -0.2) is 15.5 Å². The second-order valence-corrected chi connectivity index (χ2v) is 8.13. The second-order valence-electron chi connectivity index (χ2n) is 6.80. The number of nitrogens with two attached hydrogens (primary N) is 1. The van der Waals surface area contributed by atoms with Gasteiger partial charge in [0.2, 0.25) is 5.95 Å². The molecule has 0 saturated carbocycles. The molecule has 0 aliphatic rings. The van der Waals surface area contributed by atoms with E-state index >= 15 is 0 Å². The minimum atomic E-state index is -0.196. The predicted octanol–water partition coefficient (Wildman–Crippen LogP) is 5.44. The van der Waals surface area contributed by atoms with Crippen molar-refractivity contribution in [1.29, 1.82) is 0 Å². The second kappa shape index (κ2) is 8.47. The molecular weight excluding hydrogens is 466 g/mol. The van der Waals surface area contributed by atoms with Crippen molar-refractivity contribution in [1.82, 2.24) is 9.55 Å². The van der Waals surface area contributed by atoms with Crippen LogP contribution in [0.2, 0.25) is 5.02 Å². The number of aryl methyl sites for hydroxylation is 1. The molecule has 30 heavy (non-hydrogen) atoms. The summed E-state index contributed by atoms with van der Waals surface area (Å²) in [5.41, 5.74) is 10.3. The molecule has 1 amide bonds. The van der Waals surface area contributed by atoms with Crippen molar-refractivity contribution < 1.29 is 4.79 Å². The fourth-order valence-electron chi connectivity index (χ4n) is 3.10. The van der Waals surface area contributed by atoms with Crippen molar-refractivity contribution in [3.63, 3.8) is 0 Å². The number of anilines is 3. The van der Waals surface area contributed by atoms with E-state index in [0.717, 1.165) is 26.9 Å². The fraction of sp³-hybridized carbons (Fsp3) is 0.0909. The molecule has 0 aliphatic carbocycles. The number of amides is 1. The lowest BCUT2D eigenvalue weighted by molar-refractivity contribution is 0.102. The Kier molecular flexibility index (Phi) is 5.76. The molecule has 1 aromatic heterocycles. The summed E-state index contributed by atoms with van der Waals surface area (Å²) in [7, 11) is 1.90. The quantitative estimate of drug-likeness (QED) is 0.352. The number of nitrogens with zero attached hydrogens (tertiary/aromatic N) is 2. The van der Waals surface area contributed by atoms with Gasteiger partial charge >= 0.3 is 0 Å². The highest BCUT2D eigenvalue weighted by Crippen LogP contribution is 2.28. The summed E-state index contributed by atoms with van der Waals surface area (Å²) >= 11 is 9.70. The summed E-state index contributed by atoms with van der Waals surface area (Å²) in [5.74, 6) is 0.421. The maximum absolute atomic E-state index is 12.6. The maximum Gasteiger partial charge on any atom is 0.255 e. The zero-order valence-corrected chi connectivity index (χ0v) is 18.5. The van der Waals surface area contributed by atoms with Crippen LogP contribution in [0, 0.1) is 0 Å². The number of imidazole rings is 1. The van der Waals surface area contributed by atoms with Crippen molar-refractivity contribution in [3.8, 4) is 0 Å². The lowest BCUT2D eigenvalue weighted by Gasteiger charge is -2.09. The van der Waals surface area contributed by atoms with Gasteiger partial charge in [0.1, 0.15) is 0 Å². The number of rotatable bonds is 5. The van der Waals surface area contributed by atoms with E-state index < -0.39 is 0 Å². The summed E-state index contributed by atoms with van der Waals surface area (Å²) < 4.78 is 2.87. The Morgan fingerprint density at radius 3 is 2.63 bits per heavy atom. The molecule has 6 nitrogen and oxygen atoms in total. The van der Waals surface area contributed by atoms with Crippen LogP contribution in [-0.2, 0) is 13.6 Å². The van der Waals surface area contributed by atoms with Crippen molar-refractivity contribution in [2.45, 2.75) is 6.54 Å². The first-order valence-corrected chi connectivity index (χ1v) is 10.4. The SMILES string of the molecule is Cn1c(Nc2cc(CN)ccc2Cl)nc2cc(C(=O)Nc3ccc(Br)cc3)ccc21. The minimum absolute atomic E-state index is 0.196. The molecule has 0 spiro atoms. The molecule has 0 unspecified atom stereocenters. The number of halogens is 2. The maximum atomic E-state index is 12.6. The summed E-state index contributed by atoms with van der Waals surface area (Å²) in [5, 5.41) is 6.73. The highest BCUT2D eigenvalue weighted by atomic mass is 79.9. The molecule has 1 heterocycles. The number of aromatic nitrogens is 2. The molecule has 0 radical (unpaired) electrons. The van der Waals surface area contributed by atoms with E-state index in [1.54, 1.807) is 18.2 Å².